The van der Waals surface area contributed by atoms with Gasteiger partial charge in [-0.1, -0.05) is 6.07 Å². The fourth-order valence-corrected chi connectivity index (χ4v) is 3.20. The number of aryl methyl sites for hydroxylation is 1. The maximum atomic E-state index is 5.49. The van der Waals surface area contributed by atoms with E-state index in [1.54, 1.807) is 14.2 Å². The zero-order valence-electron chi connectivity index (χ0n) is 13.4. The molecule has 0 saturated carbocycles. The van der Waals surface area contributed by atoms with Gasteiger partial charge in [0.2, 0.25) is 0 Å². The molecule has 0 spiro atoms. The van der Waals surface area contributed by atoms with Crippen LogP contribution in [0.25, 0.3) is 0 Å². The molecule has 1 N–H and O–H groups in total. The Morgan fingerprint density at radius 2 is 2.18 bits per heavy atom. The summed E-state index contributed by atoms with van der Waals surface area (Å²) in [6.07, 6.45) is 3.08. The minimum atomic E-state index is 0.548. The summed E-state index contributed by atoms with van der Waals surface area (Å²) in [7, 11) is 3.38. The molecule has 1 aromatic heterocycles. The molecule has 1 aromatic carbocycles. The molecule has 0 amide bonds. The number of aromatic amines is 1. The summed E-state index contributed by atoms with van der Waals surface area (Å²) < 4.78 is 10.7. The average molecular weight is 301 g/mol. The second kappa shape index (κ2) is 6.40. The number of hydrogen-bond donors (Lipinski definition) is 1. The standard InChI is InChI=1S/C17H23N3O2/c1-12-9-18-19-17(12)14-6-7-20(11-14)10-13-4-5-15(21-2)8-16(13)22-3/h4-5,8-9,14H,6-7,10-11H2,1-3H3,(H,18,19)/t14-/m1/s1. The number of benzene rings is 1. The number of nitrogens with zero attached hydrogens (tertiary/aromatic N) is 2. The zero-order valence-corrected chi connectivity index (χ0v) is 13.4. The Morgan fingerprint density at radius 3 is 2.86 bits per heavy atom. The van der Waals surface area contributed by atoms with Gasteiger partial charge in [0, 0.05) is 36.3 Å². The SMILES string of the molecule is COc1ccc(CN2CC[C@@H](c3[nH]ncc3C)C2)c(OC)c1. The van der Waals surface area contributed by atoms with Crippen molar-refractivity contribution in [2.24, 2.45) is 0 Å². The van der Waals surface area contributed by atoms with E-state index < -0.39 is 0 Å². The zero-order chi connectivity index (χ0) is 15.5. The molecule has 1 fully saturated rings. The van der Waals surface area contributed by atoms with Gasteiger partial charge in [0.15, 0.2) is 0 Å². The Kier molecular flexibility index (Phi) is 4.34. The number of hydrogen-bond acceptors (Lipinski definition) is 4. The van der Waals surface area contributed by atoms with Crippen molar-refractivity contribution in [3.05, 3.63) is 41.2 Å². The van der Waals surface area contributed by atoms with E-state index in [0.29, 0.717) is 5.92 Å². The van der Waals surface area contributed by atoms with Crippen LogP contribution in [0.5, 0.6) is 11.5 Å². The summed E-state index contributed by atoms with van der Waals surface area (Å²) in [6, 6.07) is 6.03. The molecule has 3 rings (SSSR count). The van der Waals surface area contributed by atoms with Crippen molar-refractivity contribution in [1.82, 2.24) is 15.1 Å². The van der Waals surface area contributed by atoms with Gasteiger partial charge < -0.3 is 9.47 Å². The topological polar surface area (TPSA) is 50.4 Å². The van der Waals surface area contributed by atoms with E-state index in [1.165, 1.54) is 23.2 Å². The second-order valence-corrected chi connectivity index (χ2v) is 5.87. The van der Waals surface area contributed by atoms with Gasteiger partial charge in [-0.3, -0.25) is 10.00 Å². The molecule has 1 aliphatic heterocycles. The lowest BCUT2D eigenvalue weighted by atomic mass is 10.0. The molecule has 0 bridgehead atoms. The van der Waals surface area contributed by atoms with Gasteiger partial charge in [0.25, 0.3) is 0 Å². The van der Waals surface area contributed by atoms with Gasteiger partial charge in [-0.2, -0.15) is 5.10 Å². The van der Waals surface area contributed by atoms with Crippen LogP contribution in [-0.4, -0.2) is 42.4 Å². The first-order chi connectivity index (χ1) is 10.7. The number of H-pyrrole nitrogens is 1. The second-order valence-electron chi connectivity index (χ2n) is 5.87. The highest BCUT2D eigenvalue weighted by atomic mass is 16.5. The van der Waals surface area contributed by atoms with Crippen LogP contribution in [0.4, 0.5) is 0 Å². The quantitative estimate of drug-likeness (QED) is 0.922. The van der Waals surface area contributed by atoms with E-state index in [9.17, 15) is 0 Å². The minimum absolute atomic E-state index is 0.548. The molecule has 5 heteroatoms. The van der Waals surface area contributed by atoms with Gasteiger partial charge in [-0.25, -0.2) is 0 Å². The summed E-state index contributed by atoms with van der Waals surface area (Å²) in [4.78, 5) is 2.47. The lowest BCUT2D eigenvalue weighted by molar-refractivity contribution is 0.315. The first kappa shape index (κ1) is 14.9. The maximum Gasteiger partial charge on any atom is 0.127 e. The van der Waals surface area contributed by atoms with Crippen molar-refractivity contribution in [2.45, 2.75) is 25.8 Å². The number of methoxy groups -OCH3 is 2. The third-order valence-corrected chi connectivity index (χ3v) is 4.44. The summed E-state index contributed by atoms with van der Waals surface area (Å²) in [5.74, 6) is 2.26. The van der Waals surface area contributed by atoms with Crippen LogP contribution in [-0.2, 0) is 6.54 Å². The van der Waals surface area contributed by atoms with Crippen LogP contribution in [0.1, 0.15) is 29.2 Å². The van der Waals surface area contributed by atoms with Crippen LogP contribution in [0, 0.1) is 6.92 Å². The fourth-order valence-electron chi connectivity index (χ4n) is 3.20. The van der Waals surface area contributed by atoms with E-state index in [2.05, 4.69) is 28.1 Å². The number of rotatable bonds is 5. The Morgan fingerprint density at radius 1 is 1.32 bits per heavy atom. The van der Waals surface area contributed by atoms with Gasteiger partial charge in [-0.05, 0) is 31.5 Å². The normalized spacial score (nSPS) is 18.6. The molecule has 1 saturated heterocycles. The molecule has 0 aliphatic carbocycles. The van der Waals surface area contributed by atoms with Crippen LogP contribution >= 0.6 is 0 Å². The smallest absolute Gasteiger partial charge is 0.127 e. The molecule has 0 unspecified atom stereocenters. The van der Waals surface area contributed by atoms with Crippen LogP contribution in [0.2, 0.25) is 0 Å². The summed E-state index contributed by atoms with van der Waals surface area (Å²) in [6.45, 7) is 5.17. The Labute approximate surface area is 131 Å². The van der Waals surface area contributed by atoms with Crippen molar-refractivity contribution in [3.8, 4) is 11.5 Å². The number of aromatic nitrogens is 2. The molecular formula is C17H23N3O2. The predicted octanol–water partition coefficient (Wildman–Crippen LogP) is 2.72. The average Bonchev–Trinajstić information content (AvgIpc) is 3.16. The third-order valence-electron chi connectivity index (χ3n) is 4.44. The van der Waals surface area contributed by atoms with Crippen molar-refractivity contribution in [1.29, 1.82) is 0 Å². The molecule has 2 aromatic rings. The Bertz CT molecular complexity index is 639. The van der Waals surface area contributed by atoms with Crippen molar-refractivity contribution in [3.63, 3.8) is 0 Å². The number of ether oxygens (including phenoxy) is 2. The van der Waals surface area contributed by atoms with Crippen LogP contribution in [0.15, 0.2) is 24.4 Å². The lowest BCUT2D eigenvalue weighted by Crippen LogP contribution is -2.20. The van der Waals surface area contributed by atoms with E-state index >= 15 is 0 Å². The monoisotopic (exact) mass is 301 g/mol. The highest BCUT2D eigenvalue weighted by molar-refractivity contribution is 5.40. The van der Waals surface area contributed by atoms with E-state index in [4.69, 9.17) is 9.47 Å². The molecule has 22 heavy (non-hydrogen) atoms. The van der Waals surface area contributed by atoms with Crippen molar-refractivity contribution < 1.29 is 9.47 Å². The largest absolute Gasteiger partial charge is 0.497 e. The third kappa shape index (κ3) is 2.95. The highest BCUT2D eigenvalue weighted by Gasteiger charge is 2.26. The molecular weight excluding hydrogens is 278 g/mol. The van der Waals surface area contributed by atoms with Crippen molar-refractivity contribution >= 4 is 0 Å². The lowest BCUT2D eigenvalue weighted by Gasteiger charge is -2.18. The van der Waals surface area contributed by atoms with Crippen LogP contribution < -0.4 is 9.47 Å². The van der Waals surface area contributed by atoms with Gasteiger partial charge in [-0.15, -0.1) is 0 Å². The molecule has 1 atom stereocenters. The molecule has 5 nitrogen and oxygen atoms in total. The fraction of sp³-hybridized carbons (Fsp3) is 0.471. The Balaban J connectivity index is 1.69. The minimum Gasteiger partial charge on any atom is -0.497 e. The number of nitrogens with one attached hydrogen (secondary N) is 1. The first-order valence-corrected chi connectivity index (χ1v) is 7.64. The van der Waals surface area contributed by atoms with E-state index in [0.717, 1.165) is 31.1 Å². The van der Waals surface area contributed by atoms with Crippen LogP contribution in [0.3, 0.4) is 0 Å². The van der Waals surface area contributed by atoms with Gasteiger partial charge in [0.05, 0.1) is 20.4 Å². The van der Waals surface area contributed by atoms with E-state index in [1.807, 2.05) is 18.3 Å². The number of likely N-dealkylation sites (tertiary alicyclic amines) is 1. The predicted molar refractivity (Wildman–Crippen MR) is 85.5 cm³/mol. The molecule has 1 aliphatic rings. The summed E-state index contributed by atoms with van der Waals surface area (Å²) in [5.41, 5.74) is 3.74. The van der Waals surface area contributed by atoms with Gasteiger partial charge >= 0.3 is 0 Å². The first-order valence-electron chi connectivity index (χ1n) is 7.64. The van der Waals surface area contributed by atoms with E-state index in [-0.39, 0.29) is 0 Å². The molecule has 118 valence electrons. The maximum absolute atomic E-state index is 5.49. The highest BCUT2D eigenvalue weighted by Crippen LogP contribution is 2.31. The molecule has 0 radical (unpaired) electrons. The molecule has 2 heterocycles. The summed E-state index contributed by atoms with van der Waals surface area (Å²) >= 11 is 0. The summed E-state index contributed by atoms with van der Waals surface area (Å²) in [5, 5.41) is 7.30. The van der Waals surface area contributed by atoms with Gasteiger partial charge in [0.1, 0.15) is 11.5 Å². The van der Waals surface area contributed by atoms with Crippen molar-refractivity contribution in [2.75, 3.05) is 27.3 Å². The Hall–Kier alpha value is -2.01.